The summed E-state index contributed by atoms with van der Waals surface area (Å²) < 4.78 is 19.7. The third kappa shape index (κ3) is 6.16. The van der Waals surface area contributed by atoms with E-state index in [1.165, 1.54) is 6.07 Å². The second kappa shape index (κ2) is 9.74. The molecule has 2 aromatic rings. The summed E-state index contributed by atoms with van der Waals surface area (Å²) in [7, 11) is 0. The van der Waals surface area contributed by atoms with Gasteiger partial charge < -0.3 is 9.84 Å². The summed E-state index contributed by atoms with van der Waals surface area (Å²) in [6.45, 7) is 5.75. The van der Waals surface area contributed by atoms with Crippen LogP contribution < -0.4 is 4.74 Å². The highest BCUT2D eigenvalue weighted by Gasteiger charge is 2.06. The Morgan fingerprint density at radius 3 is 2.80 bits per heavy atom. The smallest absolute Gasteiger partial charge is 0.213 e. The van der Waals surface area contributed by atoms with Crippen molar-refractivity contribution in [3.63, 3.8) is 0 Å². The molecule has 0 saturated heterocycles. The zero-order valence-electron chi connectivity index (χ0n) is 14.5. The molecule has 25 heavy (non-hydrogen) atoms. The van der Waals surface area contributed by atoms with Crippen LogP contribution in [0.3, 0.4) is 0 Å². The molecule has 0 bridgehead atoms. The molecule has 0 aliphatic heterocycles. The van der Waals surface area contributed by atoms with Crippen LogP contribution in [0, 0.1) is 5.82 Å². The number of unbranched alkanes of at least 4 members (excludes halogenated alkanes) is 1. The Balaban J connectivity index is 2.01. The second-order valence-corrected chi connectivity index (χ2v) is 5.91. The van der Waals surface area contributed by atoms with Gasteiger partial charge in [0.05, 0.1) is 6.10 Å². The number of hydrogen-bond donors (Lipinski definition) is 1. The van der Waals surface area contributed by atoms with Gasteiger partial charge in [-0.1, -0.05) is 36.9 Å². The third-order valence-electron chi connectivity index (χ3n) is 3.69. The maximum absolute atomic E-state index is 14.4. The van der Waals surface area contributed by atoms with E-state index in [-0.39, 0.29) is 11.9 Å². The van der Waals surface area contributed by atoms with Gasteiger partial charge >= 0.3 is 0 Å². The number of nitrogens with zero attached hydrogens (tertiary/aromatic N) is 1. The highest BCUT2D eigenvalue weighted by Crippen LogP contribution is 2.25. The molecule has 0 radical (unpaired) electrons. The first-order valence-electron chi connectivity index (χ1n) is 8.44. The molecule has 132 valence electrons. The summed E-state index contributed by atoms with van der Waals surface area (Å²) in [5, 5.41) is 9.21. The zero-order valence-corrected chi connectivity index (χ0v) is 14.5. The van der Waals surface area contributed by atoms with Crippen LogP contribution in [0.1, 0.15) is 31.7 Å². The van der Waals surface area contributed by atoms with Crippen LogP contribution in [-0.4, -0.2) is 22.8 Å². The van der Waals surface area contributed by atoms with Gasteiger partial charge in [-0.05, 0) is 43.9 Å². The van der Waals surface area contributed by atoms with Gasteiger partial charge in [0.2, 0.25) is 5.88 Å². The fraction of sp³-hybridized carbons (Fsp3) is 0.286. The SMILES string of the molecule is C=CCOc1ccc(-c2ccc(/C=C/CCCC(C)O)cc2F)cn1. The van der Waals surface area contributed by atoms with E-state index in [1.54, 1.807) is 37.4 Å². The summed E-state index contributed by atoms with van der Waals surface area (Å²) in [6.07, 6.45) is 9.44. The van der Waals surface area contributed by atoms with Crippen molar-refractivity contribution in [3.05, 3.63) is 66.6 Å². The first-order valence-corrected chi connectivity index (χ1v) is 8.44. The lowest BCUT2D eigenvalue weighted by Crippen LogP contribution is -1.97. The Morgan fingerprint density at radius 1 is 1.32 bits per heavy atom. The molecule has 1 heterocycles. The molecule has 1 aromatic carbocycles. The van der Waals surface area contributed by atoms with E-state index in [1.807, 2.05) is 18.2 Å². The Morgan fingerprint density at radius 2 is 2.16 bits per heavy atom. The predicted molar refractivity (Wildman–Crippen MR) is 99.9 cm³/mol. The fourth-order valence-corrected chi connectivity index (χ4v) is 2.39. The van der Waals surface area contributed by atoms with Crippen LogP contribution in [0.5, 0.6) is 5.88 Å². The average molecular weight is 341 g/mol. The minimum Gasteiger partial charge on any atom is -0.473 e. The molecule has 3 nitrogen and oxygen atoms in total. The number of halogens is 1. The van der Waals surface area contributed by atoms with Gasteiger partial charge in [0.1, 0.15) is 12.4 Å². The molecule has 0 amide bonds. The lowest BCUT2D eigenvalue weighted by Gasteiger charge is -2.06. The summed E-state index contributed by atoms with van der Waals surface area (Å²) in [4.78, 5) is 4.17. The molecule has 1 atom stereocenters. The third-order valence-corrected chi connectivity index (χ3v) is 3.69. The number of aromatic nitrogens is 1. The van der Waals surface area contributed by atoms with Crippen molar-refractivity contribution in [1.29, 1.82) is 0 Å². The Bertz CT molecular complexity index is 708. The molecule has 2 rings (SSSR count). The lowest BCUT2D eigenvalue weighted by molar-refractivity contribution is 0.182. The highest BCUT2D eigenvalue weighted by molar-refractivity contribution is 5.66. The number of aliphatic hydroxyl groups excluding tert-OH is 1. The quantitative estimate of drug-likeness (QED) is 0.514. The molecule has 0 saturated carbocycles. The monoisotopic (exact) mass is 341 g/mol. The van der Waals surface area contributed by atoms with Gasteiger partial charge in [0.15, 0.2) is 0 Å². The fourth-order valence-electron chi connectivity index (χ4n) is 2.39. The molecule has 1 aromatic heterocycles. The van der Waals surface area contributed by atoms with E-state index in [0.717, 1.165) is 24.8 Å². The zero-order chi connectivity index (χ0) is 18.1. The number of hydrogen-bond acceptors (Lipinski definition) is 3. The molecule has 1 N–H and O–H groups in total. The van der Waals surface area contributed by atoms with E-state index in [2.05, 4.69) is 11.6 Å². The molecular weight excluding hydrogens is 317 g/mol. The number of benzene rings is 1. The molecule has 4 heteroatoms. The summed E-state index contributed by atoms with van der Waals surface area (Å²) in [5.41, 5.74) is 2.03. The van der Waals surface area contributed by atoms with E-state index < -0.39 is 0 Å². The topological polar surface area (TPSA) is 42.4 Å². The number of pyridine rings is 1. The van der Waals surface area contributed by atoms with Crippen molar-refractivity contribution in [2.75, 3.05) is 6.61 Å². The van der Waals surface area contributed by atoms with Crippen LogP contribution in [0.25, 0.3) is 17.2 Å². The molecular formula is C21H24FNO2. The van der Waals surface area contributed by atoms with Crippen molar-refractivity contribution in [2.45, 2.75) is 32.3 Å². The van der Waals surface area contributed by atoms with Crippen LogP contribution in [0.2, 0.25) is 0 Å². The maximum Gasteiger partial charge on any atom is 0.213 e. The minimum absolute atomic E-state index is 0.271. The first kappa shape index (κ1) is 18.9. The average Bonchev–Trinajstić information content (AvgIpc) is 2.60. The standard InChI is InChI=1S/C21H24FNO2/c1-3-13-25-21-12-10-18(15-23-21)19-11-9-17(14-20(19)22)8-6-4-5-7-16(2)24/h3,6,8-12,14-16,24H,1,4-5,7,13H2,2H3/b8-6+. The summed E-state index contributed by atoms with van der Waals surface area (Å²) in [6, 6.07) is 8.66. The van der Waals surface area contributed by atoms with Crippen LogP contribution in [0.15, 0.2) is 55.3 Å². The van der Waals surface area contributed by atoms with Gasteiger partial charge in [-0.3, -0.25) is 0 Å². The van der Waals surface area contributed by atoms with Crippen molar-refractivity contribution < 1.29 is 14.2 Å². The number of ether oxygens (including phenoxy) is 1. The van der Waals surface area contributed by atoms with Gasteiger partial charge in [0, 0.05) is 23.4 Å². The van der Waals surface area contributed by atoms with Gasteiger partial charge in [-0.25, -0.2) is 9.37 Å². The lowest BCUT2D eigenvalue weighted by atomic mass is 10.0. The predicted octanol–water partition coefficient (Wildman–Crippen LogP) is 5.02. The Hall–Kier alpha value is -2.46. The first-order chi connectivity index (χ1) is 12.1. The van der Waals surface area contributed by atoms with Crippen molar-refractivity contribution >= 4 is 6.08 Å². The highest BCUT2D eigenvalue weighted by atomic mass is 19.1. The van der Waals surface area contributed by atoms with Crippen molar-refractivity contribution in [2.24, 2.45) is 0 Å². The normalized spacial score (nSPS) is 12.3. The summed E-state index contributed by atoms with van der Waals surface area (Å²) in [5.74, 6) is 0.202. The largest absolute Gasteiger partial charge is 0.473 e. The van der Waals surface area contributed by atoms with Crippen molar-refractivity contribution in [3.8, 4) is 17.0 Å². The number of rotatable bonds is 9. The van der Waals surface area contributed by atoms with E-state index in [4.69, 9.17) is 4.74 Å². The Kier molecular flexibility index (Phi) is 7.36. The molecule has 0 fully saturated rings. The van der Waals surface area contributed by atoms with E-state index in [0.29, 0.717) is 23.6 Å². The van der Waals surface area contributed by atoms with E-state index >= 15 is 0 Å². The molecule has 0 spiro atoms. The van der Waals surface area contributed by atoms with Crippen LogP contribution >= 0.6 is 0 Å². The van der Waals surface area contributed by atoms with Gasteiger partial charge in [-0.15, -0.1) is 0 Å². The van der Waals surface area contributed by atoms with E-state index in [9.17, 15) is 9.50 Å². The van der Waals surface area contributed by atoms with Gasteiger partial charge in [0.25, 0.3) is 0 Å². The summed E-state index contributed by atoms with van der Waals surface area (Å²) >= 11 is 0. The maximum atomic E-state index is 14.4. The number of aliphatic hydroxyl groups is 1. The molecule has 0 aliphatic rings. The van der Waals surface area contributed by atoms with Crippen LogP contribution in [-0.2, 0) is 0 Å². The minimum atomic E-state index is -0.285. The molecule has 1 unspecified atom stereocenters. The van der Waals surface area contributed by atoms with Crippen LogP contribution in [0.4, 0.5) is 4.39 Å². The van der Waals surface area contributed by atoms with Crippen molar-refractivity contribution in [1.82, 2.24) is 4.98 Å². The Labute approximate surface area is 148 Å². The number of allylic oxidation sites excluding steroid dienone is 1. The van der Waals surface area contributed by atoms with Gasteiger partial charge in [-0.2, -0.15) is 0 Å². The second-order valence-electron chi connectivity index (χ2n) is 5.91. The molecule has 0 aliphatic carbocycles.